The third-order valence-corrected chi connectivity index (χ3v) is 6.28. The summed E-state index contributed by atoms with van der Waals surface area (Å²) in [6.45, 7) is 8.39. The topological polar surface area (TPSA) is 36.0 Å². The van der Waals surface area contributed by atoms with Crippen LogP contribution in [0.25, 0.3) is 0 Å². The van der Waals surface area contributed by atoms with Crippen LogP contribution in [0, 0.1) is 0 Å². The maximum Gasteiger partial charge on any atom is 0.219 e. The lowest BCUT2D eigenvalue weighted by Gasteiger charge is -2.33. The molecule has 0 unspecified atom stereocenters. The van der Waals surface area contributed by atoms with E-state index in [0.717, 1.165) is 58.8 Å². The Kier molecular flexibility index (Phi) is 5.46. The van der Waals surface area contributed by atoms with E-state index in [9.17, 15) is 4.79 Å². The maximum absolute atomic E-state index is 12.0. The number of amides is 1. The van der Waals surface area contributed by atoms with Crippen LogP contribution in [0.15, 0.2) is 24.3 Å². The van der Waals surface area contributed by atoms with Crippen LogP contribution in [0.4, 0.5) is 5.69 Å². The summed E-state index contributed by atoms with van der Waals surface area (Å²) in [6.07, 6.45) is 4.72. The van der Waals surface area contributed by atoms with E-state index in [-0.39, 0.29) is 5.91 Å². The second kappa shape index (κ2) is 7.97. The maximum atomic E-state index is 12.0. The molecule has 1 amide bonds. The second-order valence-corrected chi connectivity index (χ2v) is 7.87. The number of carbonyl (C=O) groups excluding carboxylic acids is 1. The molecule has 5 heteroatoms. The van der Waals surface area contributed by atoms with Crippen molar-refractivity contribution in [3.8, 4) is 0 Å². The highest BCUT2D eigenvalue weighted by Crippen LogP contribution is 2.31. The van der Waals surface area contributed by atoms with Gasteiger partial charge >= 0.3 is 0 Å². The molecule has 3 aliphatic heterocycles. The van der Waals surface area contributed by atoms with Crippen molar-refractivity contribution in [3.63, 3.8) is 0 Å². The molecule has 1 aromatic rings. The lowest BCUT2D eigenvalue weighted by Crippen LogP contribution is -2.45. The summed E-state index contributed by atoms with van der Waals surface area (Å²) in [4.78, 5) is 19.2. The Bertz CT molecular complexity index is 612. The lowest BCUT2D eigenvalue weighted by atomic mass is 10.0. The minimum Gasteiger partial charge on any atom is -0.378 e. The number of ether oxygens (including phenoxy) is 1. The first-order valence-corrected chi connectivity index (χ1v) is 10.2. The standard InChI is InChI=1S/C21H31N3O2/c1-17(25)24-10-3-2-4-20-21(24)9-11-23(20)16-18-5-7-19(8-6-18)22-12-14-26-15-13-22/h5-8,20-21H,2-4,9-16H2,1H3/t20-,21-/m1/s1. The average Bonchev–Trinajstić information content (AvgIpc) is 2.92. The molecule has 0 aromatic heterocycles. The molecule has 0 saturated carbocycles. The number of nitrogens with zero attached hydrogens (tertiary/aromatic N) is 3. The van der Waals surface area contributed by atoms with Gasteiger partial charge in [-0.2, -0.15) is 0 Å². The van der Waals surface area contributed by atoms with E-state index in [1.807, 2.05) is 0 Å². The first-order chi connectivity index (χ1) is 12.7. The predicted molar refractivity (Wildman–Crippen MR) is 103 cm³/mol. The molecule has 3 heterocycles. The van der Waals surface area contributed by atoms with Gasteiger partial charge in [-0.05, 0) is 37.0 Å². The first kappa shape index (κ1) is 17.8. The summed E-state index contributed by atoms with van der Waals surface area (Å²) in [5.74, 6) is 0.249. The highest BCUT2D eigenvalue weighted by atomic mass is 16.5. The van der Waals surface area contributed by atoms with Gasteiger partial charge in [-0.15, -0.1) is 0 Å². The highest BCUT2D eigenvalue weighted by Gasteiger charge is 2.39. The number of morpholine rings is 1. The number of fused-ring (bicyclic) bond motifs is 1. The van der Waals surface area contributed by atoms with Crippen LogP contribution in [0.5, 0.6) is 0 Å². The fraction of sp³-hybridized carbons (Fsp3) is 0.667. The van der Waals surface area contributed by atoms with Crippen molar-refractivity contribution in [2.24, 2.45) is 0 Å². The Labute approximate surface area is 156 Å². The van der Waals surface area contributed by atoms with Gasteiger partial charge < -0.3 is 14.5 Å². The van der Waals surface area contributed by atoms with Crippen LogP contribution >= 0.6 is 0 Å². The minimum absolute atomic E-state index is 0.249. The van der Waals surface area contributed by atoms with E-state index in [0.29, 0.717) is 12.1 Å². The van der Waals surface area contributed by atoms with E-state index in [1.165, 1.54) is 24.1 Å². The van der Waals surface area contributed by atoms with Gasteiger partial charge in [-0.3, -0.25) is 9.69 Å². The predicted octanol–water partition coefficient (Wildman–Crippen LogP) is 2.50. The largest absolute Gasteiger partial charge is 0.378 e. The van der Waals surface area contributed by atoms with Gasteiger partial charge in [0, 0.05) is 57.4 Å². The molecule has 26 heavy (non-hydrogen) atoms. The molecule has 5 nitrogen and oxygen atoms in total. The number of anilines is 1. The molecule has 3 aliphatic rings. The summed E-state index contributed by atoms with van der Waals surface area (Å²) in [6, 6.07) is 10.0. The van der Waals surface area contributed by atoms with Crippen LogP contribution in [0.1, 0.15) is 38.2 Å². The minimum atomic E-state index is 0.249. The molecule has 0 radical (unpaired) electrons. The average molecular weight is 357 g/mol. The molecule has 4 rings (SSSR count). The fourth-order valence-electron chi connectivity index (χ4n) is 4.90. The monoisotopic (exact) mass is 357 g/mol. The van der Waals surface area contributed by atoms with E-state index >= 15 is 0 Å². The molecule has 0 bridgehead atoms. The van der Waals surface area contributed by atoms with Gasteiger partial charge in [0.25, 0.3) is 0 Å². The first-order valence-electron chi connectivity index (χ1n) is 10.2. The quantitative estimate of drug-likeness (QED) is 0.833. The Morgan fingerprint density at radius 1 is 1.00 bits per heavy atom. The van der Waals surface area contributed by atoms with Crippen molar-refractivity contribution >= 4 is 11.6 Å². The van der Waals surface area contributed by atoms with Crippen LogP contribution < -0.4 is 4.90 Å². The SMILES string of the molecule is CC(=O)N1CCCC[C@@H]2[C@H]1CCN2Cc1ccc(N2CCOCC2)cc1. The summed E-state index contributed by atoms with van der Waals surface area (Å²) >= 11 is 0. The molecular formula is C21H31N3O2. The number of rotatable bonds is 3. The van der Waals surface area contributed by atoms with Crippen LogP contribution in [0.2, 0.25) is 0 Å². The van der Waals surface area contributed by atoms with Crippen molar-refractivity contribution in [2.75, 3.05) is 44.3 Å². The summed E-state index contributed by atoms with van der Waals surface area (Å²) in [5, 5.41) is 0. The molecule has 2 atom stereocenters. The van der Waals surface area contributed by atoms with E-state index < -0.39 is 0 Å². The third-order valence-electron chi connectivity index (χ3n) is 6.28. The van der Waals surface area contributed by atoms with Gasteiger partial charge in [0.2, 0.25) is 5.91 Å². The van der Waals surface area contributed by atoms with Gasteiger partial charge in [-0.1, -0.05) is 18.6 Å². The molecule has 3 fully saturated rings. The highest BCUT2D eigenvalue weighted by molar-refractivity contribution is 5.73. The van der Waals surface area contributed by atoms with Crippen molar-refractivity contribution in [1.29, 1.82) is 0 Å². The van der Waals surface area contributed by atoms with Crippen LogP contribution in [-0.2, 0) is 16.1 Å². The van der Waals surface area contributed by atoms with Gasteiger partial charge in [-0.25, -0.2) is 0 Å². The summed E-state index contributed by atoms with van der Waals surface area (Å²) in [5.41, 5.74) is 2.68. The number of hydrogen-bond donors (Lipinski definition) is 0. The lowest BCUT2D eigenvalue weighted by molar-refractivity contribution is -0.131. The van der Waals surface area contributed by atoms with E-state index in [1.54, 1.807) is 6.92 Å². The van der Waals surface area contributed by atoms with Crippen molar-refractivity contribution in [1.82, 2.24) is 9.80 Å². The van der Waals surface area contributed by atoms with Gasteiger partial charge in [0.1, 0.15) is 0 Å². The third kappa shape index (κ3) is 3.74. The number of hydrogen-bond acceptors (Lipinski definition) is 4. The molecule has 3 saturated heterocycles. The Morgan fingerprint density at radius 2 is 1.77 bits per heavy atom. The zero-order chi connectivity index (χ0) is 17.9. The number of carbonyl (C=O) groups is 1. The molecule has 1 aromatic carbocycles. The van der Waals surface area contributed by atoms with E-state index in [2.05, 4.69) is 39.0 Å². The zero-order valence-corrected chi connectivity index (χ0v) is 15.9. The fourth-order valence-corrected chi connectivity index (χ4v) is 4.90. The summed E-state index contributed by atoms with van der Waals surface area (Å²) in [7, 11) is 0. The number of likely N-dealkylation sites (tertiary alicyclic amines) is 2. The van der Waals surface area contributed by atoms with Crippen molar-refractivity contribution in [3.05, 3.63) is 29.8 Å². The second-order valence-electron chi connectivity index (χ2n) is 7.87. The Morgan fingerprint density at radius 3 is 2.50 bits per heavy atom. The summed E-state index contributed by atoms with van der Waals surface area (Å²) < 4.78 is 5.44. The van der Waals surface area contributed by atoms with Gasteiger partial charge in [0.15, 0.2) is 0 Å². The van der Waals surface area contributed by atoms with Crippen LogP contribution in [0.3, 0.4) is 0 Å². The molecule has 0 spiro atoms. The normalized spacial score (nSPS) is 27.3. The van der Waals surface area contributed by atoms with Crippen molar-refractivity contribution < 1.29 is 9.53 Å². The number of benzene rings is 1. The molecule has 0 N–H and O–H groups in total. The van der Waals surface area contributed by atoms with Crippen molar-refractivity contribution in [2.45, 2.75) is 51.2 Å². The van der Waals surface area contributed by atoms with E-state index in [4.69, 9.17) is 4.74 Å². The molecule has 0 aliphatic carbocycles. The zero-order valence-electron chi connectivity index (χ0n) is 15.9. The van der Waals surface area contributed by atoms with Gasteiger partial charge in [0.05, 0.1) is 13.2 Å². The Balaban J connectivity index is 1.41. The molecule has 142 valence electrons. The molecular weight excluding hydrogens is 326 g/mol. The smallest absolute Gasteiger partial charge is 0.219 e. The van der Waals surface area contributed by atoms with Crippen LogP contribution in [-0.4, -0.2) is 67.2 Å². The Hall–Kier alpha value is -1.59.